The van der Waals surface area contributed by atoms with Crippen LogP contribution in [0.5, 0.6) is 0 Å². The fourth-order valence-corrected chi connectivity index (χ4v) is 4.94. The van der Waals surface area contributed by atoms with Crippen molar-refractivity contribution in [2.45, 2.75) is 37.5 Å². The lowest BCUT2D eigenvalue weighted by Gasteiger charge is -2.30. The molecule has 1 heterocycles. The SMILES string of the molecule is CC(C)c1ccccc1NC(=O)C1CCN(S(=O)(=O)c2ccccc2)CC1. The second-order valence-electron chi connectivity index (χ2n) is 7.22. The molecule has 0 aliphatic carbocycles. The van der Waals surface area contributed by atoms with Gasteiger partial charge in [0, 0.05) is 24.7 Å². The van der Waals surface area contributed by atoms with Gasteiger partial charge in [-0.2, -0.15) is 4.31 Å². The summed E-state index contributed by atoms with van der Waals surface area (Å²) < 4.78 is 26.9. The quantitative estimate of drug-likeness (QED) is 0.849. The van der Waals surface area contributed by atoms with Crippen molar-refractivity contribution < 1.29 is 13.2 Å². The minimum Gasteiger partial charge on any atom is -0.326 e. The first-order valence-corrected chi connectivity index (χ1v) is 10.8. The summed E-state index contributed by atoms with van der Waals surface area (Å²) in [7, 11) is -3.49. The number of amides is 1. The zero-order valence-electron chi connectivity index (χ0n) is 15.8. The van der Waals surface area contributed by atoms with E-state index in [1.54, 1.807) is 30.3 Å². The Morgan fingerprint density at radius 2 is 1.59 bits per heavy atom. The third-order valence-corrected chi connectivity index (χ3v) is 6.96. The molecule has 0 bridgehead atoms. The molecule has 0 aromatic heterocycles. The number of carbonyl (C=O) groups excluding carboxylic acids is 1. The number of anilines is 1. The predicted molar refractivity (Wildman–Crippen MR) is 107 cm³/mol. The fourth-order valence-electron chi connectivity index (χ4n) is 3.45. The van der Waals surface area contributed by atoms with Crippen molar-refractivity contribution in [3.63, 3.8) is 0 Å². The molecule has 6 heteroatoms. The Morgan fingerprint density at radius 1 is 1.00 bits per heavy atom. The van der Waals surface area contributed by atoms with Gasteiger partial charge in [0.2, 0.25) is 15.9 Å². The summed E-state index contributed by atoms with van der Waals surface area (Å²) in [6.45, 7) is 4.91. The zero-order chi connectivity index (χ0) is 19.4. The first-order valence-electron chi connectivity index (χ1n) is 9.34. The highest BCUT2D eigenvalue weighted by Crippen LogP contribution is 2.27. The molecule has 0 unspecified atom stereocenters. The molecule has 27 heavy (non-hydrogen) atoms. The van der Waals surface area contributed by atoms with Crippen LogP contribution in [0.2, 0.25) is 0 Å². The van der Waals surface area contributed by atoms with Crippen LogP contribution in [0, 0.1) is 5.92 Å². The first-order chi connectivity index (χ1) is 12.9. The molecule has 5 nitrogen and oxygen atoms in total. The maximum Gasteiger partial charge on any atom is 0.243 e. The lowest BCUT2D eigenvalue weighted by Crippen LogP contribution is -2.41. The molecule has 0 saturated carbocycles. The molecule has 0 spiro atoms. The largest absolute Gasteiger partial charge is 0.326 e. The molecule has 1 amide bonds. The van der Waals surface area contributed by atoms with Gasteiger partial charge in [0.15, 0.2) is 0 Å². The fraction of sp³-hybridized carbons (Fsp3) is 0.381. The van der Waals surface area contributed by atoms with Crippen molar-refractivity contribution in [1.29, 1.82) is 0 Å². The smallest absolute Gasteiger partial charge is 0.243 e. The molecule has 1 N–H and O–H groups in total. The zero-order valence-corrected chi connectivity index (χ0v) is 16.6. The van der Waals surface area contributed by atoms with Crippen LogP contribution in [-0.4, -0.2) is 31.7 Å². The van der Waals surface area contributed by atoms with E-state index in [2.05, 4.69) is 19.2 Å². The Morgan fingerprint density at radius 3 is 2.22 bits per heavy atom. The summed E-state index contributed by atoms with van der Waals surface area (Å²) >= 11 is 0. The third kappa shape index (κ3) is 4.39. The van der Waals surface area contributed by atoms with Gasteiger partial charge in [-0.1, -0.05) is 50.2 Å². The van der Waals surface area contributed by atoms with E-state index in [9.17, 15) is 13.2 Å². The number of benzene rings is 2. The highest BCUT2D eigenvalue weighted by atomic mass is 32.2. The first kappa shape index (κ1) is 19.6. The summed E-state index contributed by atoms with van der Waals surface area (Å²) in [6.07, 6.45) is 1.06. The summed E-state index contributed by atoms with van der Waals surface area (Å²) in [5.74, 6) is 0.117. The van der Waals surface area contributed by atoms with E-state index < -0.39 is 10.0 Å². The van der Waals surface area contributed by atoms with Crippen molar-refractivity contribution in [2.24, 2.45) is 5.92 Å². The summed E-state index contributed by atoms with van der Waals surface area (Å²) in [6, 6.07) is 16.3. The minimum atomic E-state index is -3.49. The predicted octanol–water partition coefficient (Wildman–Crippen LogP) is 3.85. The third-order valence-electron chi connectivity index (χ3n) is 5.05. The lowest BCUT2D eigenvalue weighted by atomic mass is 9.96. The summed E-state index contributed by atoms with van der Waals surface area (Å²) in [5.41, 5.74) is 1.95. The molecule has 0 atom stereocenters. The van der Waals surface area contributed by atoms with Gasteiger partial charge in [-0.25, -0.2) is 8.42 Å². The molecule has 1 aliphatic heterocycles. The second kappa shape index (κ2) is 8.23. The molecule has 3 rings (SSSR count). The van der Waals surface area contributed by atoms with Crippen molar-refractivity contribution in [3.8, 4) is 0 Å². The molecule has 144 valence electrons. The van der Waals surface area contributed by atoms with Gasteiger partial charge in [-0.05, 0) is 42.5 Å². The standard InChI is InChI=1S/C21H26N2O3S/c1-16(2)19-10-6-7-11-20(19)22-21(24)17-12-14-23(15-13-17)27(25,26)18-8-4-3-5-9-18/h3-11,16-17H,12-15H2,1-2H3,(H,22,24). The van der Waals surface area contributed by atoms with E-state index in [-0.39, 0.29) is 11.8 Å². The van der Waals surface area contributed by atoms with Crippen LogP contribution in [0.3, 0.4) is 0 Å². The van der Waals surface area contributed by atoms with Gasteiger partial charge >= 0.3 is 0 Å². The summed E-state index contributed by atoms with van der Waals surface area (Å²) in [4.78, 5) is 13.0. The van der Waals surface area contributed by atoms with Crippen LogP contribution < -0.4 is 5.32 Å². The maximum atomic E-state index is 12.7. The maximum absolute atomic E-state index is 12.7. The van der Waals surface area contributed by atoms with E-state index in [1.807, 2.05) is 24.3 Å². The molecule has 2 aromatic carbocycles. The summed E-state index contributed by atoms with van der Waals surface area (Å²) in [5, 5.41) is 3.04. The minimum absolute atomic E-state index is 0.0279. The van der Waals surface area contributed by atoms with Crippen LogP contribution in [0.1, 0.15) is 38.2 Å². The van der Waals surface area contributed by atoms with Gasteiger partial charge in [-0.15, -0.1) is 0 Å². The van der Waals surface area contributed by atoms with E-state index in [4.69, 9.17) is 0 Å². The number of hydrogen-bond acceptors (Lipinski definition) is 3. The topological polar surface area (TPSA) is 66.5 Å². The number of piperidine rings is 1. The number of carbonyl (C=O) groups is 1. The van der Waals surface area contributed by atoms with Crippen LogP contribution >= 0.6 is 0 Å². The number of sulfonamides is 1. The molecule has 2 aromatic rings. The van der Waals surface area contributed by atoms with Crippen LogP contribution in [0.15, 0.2) is 59.5 Å². The monoisotopic (exact) mass is 386 g/mol. The Labute approximate surface area is 161 Å². The van der Waals surface area contributed by atoms with E-state index in [0.717, 1.165) is 11.3 Å². The van der Waals surface area contributed by atoms with Crippen molar-refractivity contribution in [3.05, 3.63) is 60.2 Å². The lowest BCUT2D eigenvalue weighted by molar-refractivity contribution is -0.120. The van der Waals surface area contributed by atoms with Gasteiger partial charge in [0.25, 0.3) is 0 Å². The van der Waals surface area contributed by atoms with Gasteiger partial charge < -0.3 is 5.32 Å². The van der Waals surface area contributed by atoms with Crippen molar-refractivity contribution in [2.75, 3.05) is 18.4 Å². The molecule has 1 saturated heterocycles. The molecule has 0 radical (unpaired) electrons. The highest BCUT2D eigenvalue weighted by Gasteiger charge is 2.32. The molecular formula is C21H26N2O3S. The normalized spacial score (nSPS) is 16.4. The Bertz CT molecular complexity index is 887. The number of rotatable bonds is 5. The average Bonchev–Trinajstić information content (AvgIpc) is 2.69. The van der Waals surface area contributed by atoms with Crippen LogP contribution in [0.4, 0.5) is 5.69 Å². The molecule has 1 fully saturated rings. The molecular weight excluding hydrogens is 360 g/mol. The highest BCUT2D eigenvalue weighted by molar-refractivity contribution is 7.89. The van der Waals surface area contributed by atoms with Gasteiger partial charge in [-0.3, -0.25) is 4.79 Å². The Hall–Kier alpha value is -2.18. The average molecular weight is 387 g/mol. The number of nitrogens with zero attached hydrogens (tertiary/aromatic N) is 1. The Kier molecular flexibility index (Phi) is 5.97. The van der Waals surface area contributed by atoms with Gasteiger partial charge in [0.05, 0.1) is 4.90 Å². The number of nitrogens with one attached hydrogen (secondary N) is 1. The molecule has 1 aliphatic rings. The number of hydrogen-bond donors (Lipinski definition) is 1. The van der Waals surface area contributed by atoms with E-state index in [0.29, 0.717) is 36.7 Å². The van der Waals surface area contributed by atoms with E-state index in [1.165, 1.54) is 4.31 Å². The van der Waals surface area contributed by atoms with Gasteiger partial charge in [0.1, 0.15) is 0 Å². The van der Waals surface area contributed by atoms with Crippen molar-refractivity contribution in [1.82, 2.24) is 4.31 Å². The Balaban J connectivity index is 1.63. The van der Waals surface area contributed by atoms with Crippen LogP contribution in [-0.2, 0) is 14.8 Å². The number of para-hydroxylation sites is 1. The van der Waals surface area contributed by atoms with Crippen LogP contribution in [0.25, 0.3) is 0 Å². The van der Waals surface area contributed by atoms with Crippen molar-refractivity contribution >= 4 is 21.6 Å². The van der Waals surface area contributed by atoms with E-state index >= 15 is 0 Å². The second-order valence-corrected chi connectivity index (χ2v) is 9.16.